The van der Waals surface area contributed by atoms with Gasteiger partial charge in [-0.25, -0.2) is 0 Å². The highest BCUT2D eigenvalue weighted by Gasteiger charge is 1.98. The van der Waals surface area contributed by atoms with Crippen molar-refractivity contribution in [1.29, 1.82) is 0 Å². The summed E-state index contributed by atoms with van der Waals surface area (Å²) >= 11 is 3.99. The molecule has 0 nitrogen and oxygen atoms in total. The van der Waals surface area contributed by atoms with Gasteiger partial charge in [-0.1, -0.05) is 24.3 Å². The third-order valence-corrected chi connectivity index (χ3v) is 3.85. The fourth-order valence-corrected chi connectivity index (χ4v) is 2.63. The molecule has 0 heterocycles. The van der Waals surface area contributed by atoms with Crippen LogP contribution in [0.3, 0.4) is 0 Å². The topological polar surface area (TPSA) is 0 Å². The molecule has 0 amide bonds. The molecule has 0 aromatic carbocycles. The highest BCUT2D eigenvalue weighted by atomic mass is 32.2. The van der Waals surface area contributed by atoms with Crippen molar-refractivity contribution in [3.63, 3.8) is 0 Å². The van der Waals surface area contributed by atoms with Gasteiger partial charge in [-0.05, 0) is 20.8 Å². The molecular weight excluding hydrogens is 184 g/mol. The van der Waals surface area contributed by atoms with Crippen molar-refractivity contribution in [2.75, 3.05) is 11.5 Å². The van der Waals surface area contributed by atoms with Crippen LogP contribution in [0.4, 0.5) is 0 Å². The lowest BCUT2D eigenvalue weighted by molar-refractivity contribution is 1.41. The standard InChI is InChI=1S/C10H18S2/c1-4-6-8-11-10(3)12-9-7-5-2/h4-7,10H,8-9H2,1-3H3. The number of allylic oxidation sites excluding steroid dienone is 2. The van der Waals surface area contributed by atoms with E-state index in [9.17, 15) is 0 Å². The summed E-state index contributed by atoms with van der Waals surface area (Å²) in [5, 5.41) is 0. The molecule has 0 fully saturated rings. The zero-order chi connectivity index (χ0) is 9.23. The first-order valence-electron chi connectivity index (χ1n) is 4.26. The summed E-state index contributed by atoms with van der Waals surface area (Å²) in [5.41, 5.74) is 0. The first-order chi connectivity index (χ1) is 5.81. The lowest BCUT2D eigenvalue weighted by Gasteiger charge is -2.06. The summed E-state index contributed by atoms with van der Waals surface area (Å²) in [7, 11) is 0. The Morgan fingerprint density at radius 3 is 1.75 bits per heavy atom. The van der Waals surface area contributed by atoms with Crippen LogP contribution in [0.15, 0.2) is 24.3 Å². The second-order valence-corrected chi connectivity index (χ2v) is 5.42. The molecule has 0 spiro atoms. The van der Waals surface area contributed by atoms with Crippen LogP contribution < -0.4 is 0 Å². The predicted molar refractivity (Wildman–Crippen MR) is 64.0 cm³/mol. The zero-order valence-corrected chi connectivity index (χ0v) is 9.75. The van der Waals surface area contributed by atoms with Gasteiger partial charge in [-0.3, -0.25) is 0 Å². The third kappa shape index (κ3) is 8.28. The van der Waals surface area contributed by atoms with Crippen LogP contribution in [0.25, 0.3) is 0 Å². The molecule has 12 heavy (non-hydrogen) atoms. The number of hydrogen-bond acceptors (Lipinski definition) is 2. The van der Waals surface area contributed by atoms with Crippen molar-refractivity contribution < 1.29 is 0 Å². The van der Waals surface area contributed by atoms with Gasteiger partial charge in [0.25, 0.3) is 0 Å². The van der Waals surface area contributed by atoms with Gasteiger partial charge < -0.3 is 0 Å². The van der Waals surface area contributed by atoms with Gasteiger partial charge in [-0.2, -0.15) is 0 Å². The molecule has 0 radical (unpaired) electrons. The molecule has 0 rings (SSSR count). The average molecular weight is 202 g/mol. The monoisotopic (exact) mass is 202 g/mol. The summed E-state index contributed by atoms with van der Waals surface area (Å²) in [5.74, 6) is 2.28. The van der Waals surface area contributed by atoms with Gasteiger partial charge in [0.15, 0.2) is 0 Å². The van der Waals surface area contributed by atoms with E-state index < -0.39 is 0 Å². The van der Waals surface area contributed by atoms with Crippen LogP contribution in [0.1, 0.15) is 20.8 Å². The van der Waals surface area contributed by atoms with Crippen molar-refractivity contribution in [1.82, 2.24) is 0 Å². The Kier molecular flexibility index (Phi) is 9.41. The van der Waals surface area contributed by atoms with Crippen LogP contribution in [0.5, 0.6) is 0 Å². The molecule has 0 aromatic rings. The maximum atomic E-state index is 2.27. The van der Waals surface area contributed by atoms with Gasteiger partial charge >= 0.3 is 0 Å². The maximum absolute atomic E-state index is 2.27. The van der Waals surface area contributed by atoms with E-state index in [1.54, 1.807) is 0 Å². The van der Waals surface area contributed by atoms with Gasteiger partial charge in [0, 0.05) is 16.1 Å². The van der Waals surface area contributed by atoms with E-state index >= 15 is 0 Å². The molecule has 0 saturated heterocycles. The largest absolute Gasteiger partial charge is 0.144 e. The van der Waals surface area contributed by atoms with Gasteiger partial charge in [0.2, 0.25) is 0 Å². The number of rotatable bonds is 6. The minimum Gasteiger partial charge on any atom is -0.144 e. The fraction of sp³-hybridized carbons (Fsp3) is 0.600. The minimum absolute atomic E-state index is 0.706. The van der Waals surface area contributed by atoms with Gasteiger partial charge in [-0.15, -0.1) is 23.5 Å². The second-order valence-electron chi connectivity index (χ2n) is 2.37. The molecule has 0 atom stereocenters. The molecule has 0 bridgehead atoms. The maximum Gasteiger partial charge on any atom is 0.0480 e. The Hall–Kier alpha value is 0.180. The highest BCUT2D eigenvalue weighted by molar-refractivity contribution is 8.17. The van der Waals surface area contributed by atoms with E-state index in [-0.39, 0.29) is 0 Å². The molecular formula is C10H18S2. The van der Waals surface area contributed by atoms with Crippen LogP contribution in [0, 0.1) is 0 Å². The minimum atomic E-state index is 0.706. The summed E-state index contributed by atoms with van der Waals surface area (Å²) in [6, 6.07) is 0. The van der Waals surface area contributed by atoms with Crippen LogP contribution in [-0.4, -0.2) is 16.1 Å². The number of thioether (sulfide) groups is 2. The molecule has 0 saturated carbocycles. The van der Waals surface area contributed by atoms with Crippen LogP contribution >= 0.6 is 23.5 Å². The molecule has 0 aromatic heterocycles. The summed E-state index contributed by atoms with van der Waals surface area (Å²) in [4.78, 5) is 0. The first kappa shape index (κ1) is 12.2. The molecule has 0 N–H and O–H groups in total. The van der Waals surface area contributed by atoms with Gasteiger partial charge in [0.1, 0.15) is 0 Å². The summed E-state index contributed by atoms with van der Waals surface area (Å²) < 4.78 is 0.706. The van der Waals surface area contributed by atoms with E-state index in [1.807, 2.05) is 23.5 Å². The Bertz CT molecular complexity index is 123. The van der Waals surface area contributed by atoms with E-state index in [0.29, 0.717) is 4.58 Å². The quantitative estimate of drug-likeness (QED) is 0.472. The van der Waals surface area contributed by atoms with E-state index in [4.69, 9.17) is 0 Å². The Morgan fingerprint density at radius 2 is 1.42 bits per heavy atom. The Morgan fingerprint density at radius 1 is 1.00 bits per heavy atom. The Balaban J connectivity index is 3.26. The lowest BCUT2D eigenvalue weighted by atomic mass is 10.6. The fourth-order valence-electron chi connectivity index (χ4n) is 0.623. The van der Waals surface area contributed by atoms with Crippen molar-refractivity contribution in [2.45, 2.75) is 25.4 Å². The summed E-state index contributed by atoms with van der Waals surface area (Å²) in [6.07, 6.45) is 8.63. The third-order valence-electron chi connectivity index (χ3n) is 1.33. The van der Waals surface area contributed by atoms with E-state index in [0.717, 1.165) is 11.5 Å². The zero-order valence-electron chi connectivity index (χ0n) is 8.12. The van der Waals surface area contributed by atoms with E-state index in [2.05, 4.69) is 45.1 Å². The molecule has 70 valence electrons. The molecule has 0 aliphatic heterocycles. The molecule has 0 aliphatic rings. The predicted octanol–water partition coefficient (Wildman–Crippen LogP) is 3.95. The second kappa shape index (κ2) is 9.27. The van der Waals surface area contributed by atoms with Crippen molar-refractivity contribution in [3.05, 3.63) is 24.3 Å². The molecule has 0 aliphatic carbocycles. The SMILES string of the molecule is CC=CCSC(C)SCC=CC. The number of hydrogen-bond donors (Lipinski definition) is 0. The smallest absolute Gasteiger partial charge is 0.0480 e. The first-order valence-corrected chi connectivity index (χ1v) is 6.36. The normalized spacial score (nSPS) is 14.6. The Labute approximate surface area is 84.9 Å². The van der Waals surface area contributed by atoms with Crippen molar-refractivity contribution >= 4 is 23.5 Å². The summed E-state index contributed by atoms with van der Waals surface area (Å²) in [6.45, 7) is 6.40. The van der Waals surface area contributed by atoms with Crippen molar-refractivity contribution in [3.8, 4) is 0 Å². The van der Waals surface area contributed by atoms with Crippen LogP contribution in [-0.2, 0) is 0 Å². The van der Waals surface area contributed by atoms with Crippen LogP contribution in [0.2, 0.25) is 0 Å². The average Bonchev–Trinajstić information content (AvgIpc) is 2.06. The van der Waals surface area contributed by atoms with Crippen molar-refractivity contribution in [2.24, 2.45) is 0 Å². The van der Waals surface area contributed by atoms with E-state index in [1.165, 1.54) is 0 Å². The highest BCUT2D eigenvalue weighted by Crippen LogP contribution is 2.22. The molecule has 0 unspecified atom stereocenters. The van der Waals surface area contributed by atoms with Gasteiger partial charge in [0.05, 0.1) is 0 Å². The lowest BCUT2D eigenvalue weighted by Crippen LogP contribution is -1.90. The molecule has 2 heteroatoms.